The van der Waals surface area contributed by atoms with Crippen LogP contribution in [0.3, 0.4) is 0 Å². The predicted molar refractivity (Wildman–Crippen MR) is 345 cm³/mol. The molecule has 91 heavy (non-hydrogen) atoms. The summed E-state index contributed by atoms with van der Waals surface area (Å²) in [6.45, 7) is 18.3. The molecule has 4 aromatic carbocycles. The molecule has 0 bridgehead atoms. The van der Waals surface area contributed by atoms with Gasteiger partial charge in [-0.3, -0.25) is 23.7 Å². The van der Waals surface area contributed by atoms with Gasteiger partial charge in [-0.05, 0) is 163 Å². The number of ether oxygens (including phenoxy) is 4. The number of nitrogens with zero attached hydrogens (tertiary/aromatic N) is 4. The highest BCUT2D eigenvalue weighted by Gasteiger charge is 2.54. The van der Waals surface area contributed by atoms with E-state index in [1.54, 1.807) is 72.9 Å². The molecule has 1 fully saturated rings. The fraction of sp³-hybridized carbons (Fsp3) is 0.406. The zero-order valence-electron chi connectivity index (χ0n) is 54.1. The SMILES string of the molecule is CNC(=O)c1c(-c2ccc(F)cc2)oc2cc(N(C)C)c(Br)cc12.CNC(=O)c1c(-c2ccc(F)cc2)oc2cc(N(C)S(C)(=O)=O)c(C3=C[C@@H](C(=O)OC)N(C(=O)OC(C)(C)C)C3)cc12.COC(=O)[C@@H]1C=C(B2OC(C)(C)C(C)(C)O2)CN1C(=O)OC(C)(C)C. The quantitative estimate of drug-likeness (QED) is 0.0694. The highest BCUT2D eigenvalue weighted by atomic mass is 79.9. The van der Waals surface area contributed by atoms with Crippen molar-refractivity contribution in [1.82, 2.24) is 20.4 Å². The summed E-state index contributed by atoms with van der Waals surface area (Å²) in [5.74, 6) is -2.23. The molecule has 0 aliphatic carbocycles. The first kappa shape index (κ1) is 70.2. The van der Waals surface area contributed by atoms with Crippen molar-refractivity contribution in [2.75, 3.05) is 78.0 Å². The maximum absolute atomic E-state index is 13.7. The van der Waals surface area contributed by atoms with Crippen LogP contribution in [-0.4, -0.2) is 165 Å². The number of benzene rings is 4. The van der Waals surface area contributed by atoms with Gasteiger partial charge < -0.3 is 52.6 Å². The predicted octanol–water partition coefficient (Wildman–Crippen LogP) is 10.9. The second-order valence-electron chi connectivity index (χ2n) is 24.7. The van der Waals surface area contributed by atoms with E-state index < -0.39 is 87.5 Å². The molecular formula is C64H76BBrF2N6O16S. The summed E-state index contributed by atoms with van der Waals surface area (Å²) < 4.78 is 98.8. The molecule has 0 radical (unpaired) electrons. The molecule has 4 amide bonds. The standard InChI is InChI=1S/C29H32FN3O8S.C18H16BrFN2O2.C17H28BNO6/c1-29(2,3)41-28(36)33-15-17(12-22(33)27(35)39-6)19-13-20-23(14-21(19)32(5)42(7,37)38)40-25(24(20)26(34)31-4)16-8-10-18(30)11-9-16;1-21-18(23)16-12-8-13(19)14(22(2)3)9-15(12)24-17(16)10-4-6-11(20)7-5-10;1-15(2,3)23-14(21)19-10-11(9-12(19)13(20)22-8)18-24-16(4,5)17(6,7)25-18/h8-14,22H,15H2,1-7H3,(H,31,34);4-9H,1-3H3,(H,21,23);9,12H,10H2,1-8H3/t22-;;12-/m0.0/s1. The Bertz CT molecular complexity index is 3970. The number of methoxy groups -OCH3 is 2. The van der Waals surface area contributed by atoms with Crippen molar-refractivity contribution in [3.63, 3.8) is 0 Å². The second-order valence-corrected chi connectivity index (χ2v) is 27.6. The number of carbonyl (C=O) groups is 6. The van der Waals surface area contributed by atoms with Gasteiger partial charge in [-0.25, -0.2) is 36.4 Å². The van der Waals surface area contributed by atoms with Crippen molar-refractivity contribution in [3.8, 4) is 22.6 Å². The molecule has 6 aromatic rings. The maximum atomic E-state index is 13.7. The lowest BCUT2D eigenvalue weighted by atomic mass is 9.78. The number of halogens is 3. The number of hydrogen-bond acceptors (Lipinski definition) is 17. The number of sulfonamides is 1. The molecule has 2 aromatic heterocycles. The number of fused-ring (bicyclic) bond motifs is 2. The molecule has 0 saturated carbocycles. The Morgan fingerprint density at radius 2 is 1.05 bits per heavy atom. The number of hydrogen-bond donors (Lipinski definition) is 2. The van der Waals surface area contributed by atoms with Crippen molar-refractivity contribution in [3.05, 3.63) is 123 Å². The Morgan fingerprint density at radius 1 is 0.648 bits per heavy atom. The van der Waals surface area contributed by atoms with Crippen molar-refractivity contribution in [1.29, 1.82) is 0 Å². The summed E-state index contributed by atoms with van der Waals surface area (Å²) in [5.41, 5.74) is 2.47. The van der Waals surface area contributed by atoms with Gasteiger partial charge in [0.2, 0.25) is 10.0 Å². The number of nitrogens with one attached hydrogen (secondary N) is 2. The van der Waals surface area contributed by atoms with Crippen LogP contribution in [0, 0.1) is 11.6 Å². The van der Waals surface area contributed by atoms with Gasteiger partial charge in [0.15, 0.2) is 12.1 Å². The summed E-state index contributed by atoms with van der Waals surface area (Å²) >= 11 is 3.53. The Labute approximate surface area is 536 Å². The van der Waals surface area contributed by atoms with E-state index in [0.29, 0.717) is 55.4 Å². The van der Waals surface area contributed by atoms with Gasteiger partial charge in [-0.15, -0.1) is 0 Å². The minimum absolute atomic E-state index is 0.122. The van der Waals surface area contributed by atoms with Crippen molar-refractivity contribution < 1.29 is 83.1 Å². The zero-order valence-corrected chi connectivity index (χ0v) is 56.5. The average Bonchev–Trinajstić information content (AvgIpc) is 1.52. The summed E-state index contributed by atoms with van der Waals surface area (Å²) in [7, 11) is 6.27. The molecule has 5 heterocycles. The first-order valence-corrected chi connectivity index (χ1v) is 31.2. The van der Waals surface area contributed by atoms with Gasteiger partial charge in [-0.1, -0.05) is 6.08 Å². The van der Waals surface area contributed by atoms with Crippen LogP contribution >= 0.6 is 15.9 Å². The third-order valence-electron chi connectivity index (χ3n) is 15.1. The van der Waals surface area contributed by atoms with Gasteiger partial charge in [0, 0.05) is 85.9 Å². The second kappa shape index (κ2) is 26.9. The topological polar surface area (TPSA) is 255 Å². The molecule has 3 aliphatic rings. The van der Waals surface area contributed by atoms with Crippen molar-refractivity contribution >= 4 is 108 Å². The van der Waals surface area contributed by atoms with E-state index in [1.165, 1.54) is 86.7 Å². The minimum atomic E-state index is -3.80. The van der Waals surface area contributed by atoms with Gasteiger partial charge in [0.25, 0.3) is 11.8 Å². The van der Waals surface area contributed by atoms with Gasteiger partial charge in [-0.2, -0.15) is 0 Å². The van der Waals surface area contributed by atoms with Crippen molar-refractivity contribution in [2.24, 2.45) is 0 Å². The molecule has 488 valence electrons. The van der Waals surface area contributed by atoms with E-state index in [9.17, 15) is 46.0 Å². The summed E-state index contributed by atoms with van der Waals surface area (Å²) in [6.07, 6.45) is 2.84. The molecule has 3 aliphatic heterocycles. The largest absolute Gasteiger partial charge is 0.492 e. The van der Waals surface area contributed by atoms with E-state index in [1.807, 2.05) is 58.8 Å². The minimum Gasteiger partial charge on any atom is -0.467 e. The van der Waals surface area contributed by atoms with E-state index in [0.717, 1.165) is 20.7 Å². The smallest absolute Gasteiger partial charge is 0.467 e. The highest BCUT2D eigenvalue weighted by molar-refractivity contribution is 9.10. The number of anilines is 2. The Balaban J connectivity index is 0.000000206. The number of rotatable bonds is 11. The third-order valence-corrected chi connectivity index (χ3v) is 17.0. The Morgan fingerprint density at radius 3 is 1.45 bits per heavy atom. The van der Waals surface area contributed by atoms with Gasteiger partial charge in [0.05, 0.1) is 60.7 Å². The van der Waals surface area contributed by atoms with Crippen LogP contribution in [0.1, 0.15) is 95.5 Å². The van der Waals surface area contributed by atoms with Crippen LogP contribution in [0.15, 0.2) is 104 Å². The number of furan rings is 2. The van der Waals surface area contributed by atoms with Gasteiger partial charge in [0.1, 0.15) is 45.5 Å². The first-order valence-electron chi connectivity index (χ1n) is 28.6. The first-order chi connectivity index (χ1) is 42.2. The fourth-order valence-electron chi connectivity index (χ4n) is 9.79. The normalized spacial score (nSPS) is 16.8. The Hall–Kier alpha value is -8.27. The summed E-state index contributed by atoms with van der Waals surface area (Å²) in [6, 6.07) is 16.0. The molecule has 0 unspecified atom stereocenters. The molecule has 27 heteroatoms. The monoisotopic (exact) mass is 1340 g/mol. The lowest BCUT2D eigenvalue weighted by molar-refractivity contribution is -0.145. The van der Waals surface area contributed by atoms with Crippen LogP contribution < -0.4 is 19.8 Å². The number of amides is 4. The fourth-order valence-corrected chi connectivity index (χ4v) is 11.0. The van der Waals surface area contributed by atoms with Crippen LogP contribution in [0.4, 0.5) is 29.7 Å². The molecule has 9 rings (SSSR count). The van der Waals surface area contributed by atoms with Crippen molar-refractivity contribution in [2.45, 2.75) is 104 Å². The van der Waals surface area contributed by atoms with E-state index in [4.69, 9.17) is 37.1 Å². The number of esters is 2. The Kier molecular flexibility index (Phi) is 20.7. The summed E-state index contributed by atoms with van der Waals surface area (Å²) in [5, 5.41) is 6.25. The van der Waals surface area contributed by atoms with Crippen LogP contribution in [0.5, 0.6) is 0 Å². The van der Waals surface area contributed by atoms with Crippen LogP contribution in [-0.2, 0) is 47.9 Å². The molecular weight excluding hydrogens is 1270 g/mol. The van der Waals surface area contributed by atoms with Crippen LogP contribution in [0.25, 0.3) is 50.2 Å². The van der Waals surface area contributed by atoms with E-state index in [-0.39, 0.29) is 47.4 Å². The maximum Gasteiger partial charge on any atom is 0.492 e. The van der Waals surface area contributed by atoms with E-state index >= 15 is 0 Å². The third kappa shape index (κ3) is 15.6. The zero-order chi connectivity index (χ0) is 67.8. The lowest BCUT2D eigenvalue weighted by Gasteiger charge is -2.32. The molecule has 0 spiro atoms. The summed E-state index contributed by atoms with van der Waals surface area (Å²) in [4.78, 5) is 80.4. The van der Waals surface area contributed by atoms with Gasteiger partial charge >= 0.3 is 31.2 Å². The van der Waals surface area contributed by atoms with E-state index in [2.05, 4.69) is 26.6 Å². The average molecular weight is 1350 g/mol. The molecule has 1 saturated heterocycles. The lowest BCUT2D eigenvalue weighted by Crippen LogP contribution is -2.44. The molecule has 2 N–H and O–H groups in total. The molecule has 2 atom stereocenters. The number of carbonyl (C=O) groups excluding carboxylic acids is 6. The molecule has 22 nitrogen and oxygen atoms in total. The van der Waals surface area contributed by atoms with Crippen LogP contribution in [0.2, 0.25) is 0 Å². The highest BCUT2D eigenvalue weighted by Crippen LogP contribution is 2.44.